The molecule has 94 valence electrons. The SMILES string of the molecule is CC(C)[C@H](C)NC(=O)COc1cccc(I)c1. The molecule has 0 radical (unpaired) electrons. The minimum atomic E-state index is -0.0786. The van der Waals surface area contributed by atoms with E-state index in [1.807, 2.05) is 31.2 Å². The van der Waals surface area contributed by atoms with Gasteiger partial charge in [0.05, 0.1) is 0 Å². The highest BCUT2D eigenvalue weighted by Crippen LogP contribution is 2.14. The highest BCUT2D eigenvalue weighted by molar-refractivity contribution is 14.1. The van der Waals surface area contributed by atoms with Crippen molar-refractivity contribution in [3.05, 3.63) is 27.8 Å². The highest BCUT2D eigenvalue weighted by Gasteiger charge is 2.10. The van der Waals surface area contributed by atoms with E-state index >= 15 is 0 Å². The maximum absolute atomic E-state index is 11.6. The number of carbonyl (C=O) groups is 1. The molecule has 1 atom stereocenters. The van der Waals surface area contributed by atoms with E-state index in [9.17, 15) is 4.79 Å². The molecule has 0 saturated carbocycles. The summed E-state index contributed by atoms with van der Waals surface area (Å²) in [6.07, 6.45) is 0. The van der Waals surface area contributed by atoms with Crippen LogP contribution in [0.5, 0.6) is 5.75 Å². The Morgan fingerprint density at radius 2 is 2.12 bits per heavy atom. The van der Waals surface area contributed by atoms with Gasteiger partial charge >= 0.3 is 0 Å². The summed E-state index contributed by atoms with van der Waals surface area (Å²) in [6.45, 7) is 6.21. The van der Waals surface area contributed by atoms with Crippen LogP contribution in [0.1, 0.15) is 20.8 Å². The van der Waals surface area contributed by atoms with Crippen molar-refractivity contribution in [1.82, 2.24) is 5.32 Å². The van der Waals surface area contributed by atoms with E-state index < -0.39 is 0 Å². The molecule has 0 aromatic heterocycles. The van der Waals surface area contributed by atoms with E-state index in [1.54, 1.807) is 0 Å². The molecule has 1 amide bonds. The zero-order chi connectivity index (χ0) is 12.8. The van der Waals surface area contributed by atoms with Gasteiger partial charge in [0.1, 0.15) is 5.75 Å². The van der Waals surface area contributed by atoms with Gasteiger partial charge in [0.2, 0.25) is 0 Å². The van der Waals surface area contributed by atoms with E-state index in [0.29, 0.717) is 5.92 Å². The lowest BCUT2D eigenvalue weighted by Crippen LogP contribution is -2.38. The number of rotatable bonds is 5. The number of ether oxygens (including phenoxy) is 1. The molecule has 0 aliphatic rings. The molecular formula is C13H18INO2. The Labute approximate surface area is 116 Å². The van der Waals surface area contributed by atoms with Crippen LogP contribution in [0.2, 0.25) is 0 Å². The van der Waals surface area contributed by atoms with E-state index in [-0.39, 0.29) is 18.6 Å². The largest absolute Gasteiger partial charge is 0.484 e. The minimum absolute atomic E-state index is 0.0666. The lowest BCUT2D eigenvalue weighted by molar-refractivity contribution is -0.124. The van der Waals surface area contributed by atoms with Crippen molar-refractivity contribution < 1.29 is 9.53 Å². The summed E-state index contributed by atoms with van der Waals surface area (Å²) in [4.78, 5) is 11.6. The Morgan fingerprint density at radius 1 is 1.41 bits per heavy atom. The molecular weight excluding hydrogens is 329 g/mol. The zero-order valence-electron chi connectivity index (χ0n) is 10.4. The van der Waals surface area contributed by atoms with Gasteiger partial charge in [0.15, 0.2) is 6.61 Å². The van der Waals surface area contributed by atoms with E-state index in [4.69, 9.17) is 4.74 Å². The maximum atomic E-state index is 11.6. The highest BCUT2D eigenvalue weighted by atomic mass is 127. The summed E-state index contributed by atoms with van der Waals surface area (Å²) < 4.78 is 6.51. The van der Waals surface area contributed by atoms with Gasteiger partial charge in [-0.2, -0.15) is 0 Å². The van der Waals surface area contributed by atoms with Crippen molar-refractivity contribution in [3.63, 3.8) is 0 Å². The molecule has 4 heteroatoms. The van der Waals surface area contributed by atoms with Gasteiger partial charge in [0, 0.05) is 9.61 Å². The Balaban J connectivity index is 2.38. The van der Waals surface area contributed by atoms with Crippen LogP contribution in [0.15, 0.2) is 24.3 Å². The first-order valence-corrected chi connectivity index (χ1v) is 6.74. The molecule has 0 fully saturated rings. The zero-order valence-corrected chi connectivity index (χ0v) is 12.5. The fraction of sp³-hybridized carbons (Fsp3) is 0.462. The van der Waals surface area contributed by atoms with E-state index in [1.165, 1.54) is 0 Å². The standard InChI is InChI=1S/C13H18INO2/c1-9(2)10(3)15-13(16)8-17-12-6-4-5-11(14)7-12/h4-7,9-10H,8H2,1-3H3,(H,15,16)/t10-/m0/s1. The second-order valence-corrected chi connectivity index (χ2v) is 5.59. The van der Waals surface area contributed by atoms with Gasteiger partial charge in [0.25, 0.3) is 5.91 Å². The Kier molecular flexibility index (Phi) is 5.74. The van der Waals surface area contributed by atoms with Crippen molar-refractivity contribution in [2.75, 3.05) is 6.61 Å². The van der Waals surface area contributed by atoms with Gasteiger partial charge in [-0.25, -0.2) is 0 Å². The number of amides is 1. The first-order chi connectivity index (χ1) is 7.99. The average molecular weight is 347 g/mol. The van der Waals surface area contributed by atoms with Crippen LogP contribution in [0.25, 0.3) is 0 Å². The van der Waals surface area contributed by atoms with Crippen LogP contribution in [0.3, 0.4) is 0 Å². The predicted molar refractivity (Wildman–Crippen MR) is 77.1 cm³/mol. The quantitative estimate of drug-likeness (QED) is 0.832. The van der Waals surface area contributed by atoms with Crippen molar-refractivity contribution in [1.29, 1.82) is 0 Å². The number of carbonyl (C=O) groups excluding carboxylic acids is 1. The first-order valence-electron chi connectivity index (χ1n) is 5.66. The van der Waals surface area contributed by atoms with Crippen molar-refractivity contribution >= 4 is 28.5 Å². The third-order valence-electron chi connectivity index (χ3n) is 2.55. The summed E-state index contributed by atoms with van der Waals surface area (Å²) >= 11 is 2.21. The van der Waals surface area contributed by atoms with Crippen LogP contribution in [0.4, 0.5) is 0 Å². The van der Waals surface area contributed by atoms with Gasteiger partial charge in [-0.05, 0) is 53.6 Å². The molecule has 0 unspecified atom stereocenters. The molecule has 1 rings (SSSR count). The monoisotopic (exact) mass is 347 g/mol. The summed E-state index contributed by atoms with van der Waals surface area (Å²) in [5.74, 6) is 1.07. The number of halogens is 1. The van der Waals surface area contributed by atoms with Gasteiger partial charge in [-0.3, -0.25) is 4.79 Å². The Morgan fingerprint density at radius 3 is 2.71 bits per heavy atom. The molecule has 1 N–H and O–H groups in total. The maximum Gasteiger partial charge on any atom is 0.258 e. The fourth-order valence-electron chi connectivity index (χ4n) is 1.17. The molecule has 3 nitrogen and oxygen atoms in total. The molecule has 0 aliphatic carbocycles. The summed E-state index contributed by atoms with van der Waals surface area (Å²) in [6, 6.07) is 7.81. The number of benzene rings is 1. The topological polar surface area (TPSA) is 38.3 Å². The van der Waals surface area contributed by atoms with Crippen molar-refractivity contribution in [2.24, 2.45) is 5.92 Å². The summed E-state index contributed by atoms with van der Waals surface area (Å²) in [5, 5.41) is 2.90. The van der Waals surface area contributed by atoms with Gasteiger partial charge in [-0.1, -0.05) is 19.9 Å². The Bertz CT molecular complexity index is 379. The van der Waals surface area contributed by atoms with Crippen LogP contribution < -0.4 is 10.1 Å². The number of hydrogen-bond acceptors (Lipinski definition) is 2. The number of hydrogen-bond donors (Lipinski definition) is 1. The van der Waals surface area contributed by atoms with Crippen LogP contribution >= 0.6 is 22.6 Å². The summed E-state index contributed by atoms with van der Waals surface area (Å²) in [5.41, 5.74) is 0. The lowest BCUT2D eigenvalue weighted by atomic mass is 10.1. The van der Waals surface area contributed by atoms with Crippen LogP contribution in [-0.4, -0.2) is 18.6 Å². The van der Waals surface area contributed by atoms with Crippen LogP contribution in [0, 0.1) is 9.49 Å². The van der Waals surface area contributed by atoms with E-state index in [2.05, 4.69) is 41.8 Å². The van der Waals surface area contributed by atoms with Crippen molar-refractivity contribution in [3.8, 4) is 5.75 Å². The predicted octanol–water partition coefficient (Wildman–Crippen LogP) is 2.83. The van der Waals surface area contributed by atoms with Gasteiger partial charge in [-0.15, -0.1) is 0 Å². The normalized spacial score (nSPS) is 12.3. The molecule has 1 aromatic rings. The smallest absolute Gasteiger partial charge is 0.258 e. The third-order valence-corrected chi connectivity index (χ3v) is 3.23. The molecule has 17 heavy (non-hydrogen) atoms. The summed E-state index contributed by atoms with van der Waals surface area (Å²) in [7, 11) is 0. The van der Waals surface area contributed by atoms with Crippen molar-refractivity contribution in [2.45, 2.75) is 26.8 Å². The fourth-order valence-corrected chi connectivity index (χ4v) is 1.68. The third kappa shape index (κ3) is 5.39. The minimum Gasteiger partial charge on any atom is -0.484 e. The molecule has 0 heterocycles. The van der Waals surface area contributed by atoms with E-state index in [0.717, 1.165) is 9.32 Å². The molecule has 0 spiro atoms. The average Bonchev–Trinajstić information content (AvgIpc) is 2.26. The second kappa shape index (κ2) is 6.83. The first kappa shape index (κ1) is 14.3. The second-order valence-electron chi connectivity index (χ2n) is 4.35. The lowest BCUT2D eigenvalue weighted by Gasteiger charge is -2.17. The number of nitrogens with one attached hydrogen (secondary N) is 1. The molecule has 0 saturated heterocycles. The molecule has 1 aromatic carbocycles. The Hall–Kier alpha value is -0.780. The molecule has 0 aliphatic heterocycles. The van der Waals surface area contributed by atoms with Crippen LogP contribution in [-0.2, 0) is 4.79 Å². The van der Waals surface area contributed by atoms with Gasteiger partial charge < -0.3 is 10.1 Å². The molecule has 0 bridgehead atoms.